The van der Waals surface area contributed by atoms with Crippen LogP contribution in [-0.2, 0) is 17.8 Å². The third-order valence-corrected chi connectivity index (χ3v) is 5.04. The molecule has 110 valence electrons. The Bertz CT molecular complexity index is 468. The Morgan fingerprint density at radius 3 is 2.55 bits per heavy atom. The third kappa shape index (κ3) is 2.41. The lowest BCUT2D eigenvalue weighted by Gasteiger charge is -2.37. The van der Waals surface area contributed by atoms with Gasteiger partial charge in [0.2, 0.25) is 0 Å². The van der Waals surface area contributed by atoms with Gasteiger partial charge < -0.3 is 0 Å². The molecule has 1 aliphatic heterocycles. The van der Waals surface area contributed by atoms with E-state index in [-0.39, 0.29) is 5.54 Å². The van der Waals surface area contributed by atoms with Crippen LogP contribution in [0.1, 0.15) is 51.0 Å². The first-order chi connectivity index (χ1) is 9.74. The van der Waals surface area contributed by atoms with Crippen molar-refractivity contribution in [3.63, 3.8) is 0 Å². The molecule has 3 rings (SSSR count). The number of carbonyl (C=O) groups is 1. The number of hydrogen-bond acceptors (Lipinski definition) is 3. The van der Waals surface area contributed by atoms with Crippen LogP contribution in [0.25, 0.3) is 0 Å². The average Bonchev–Trinajstić information content (AvgIpc) is 3.19. The van der Waals surface area contributed by atoms with Crippen molar-refractivity contribution in [3.05, 3.63) is 18.0 Å². The predicted octanol–water partition coefficient (Wildman–Crippen LogP) is 2.42. The number of carbonyl (C=O) groups excluding carboxylic acids is 1. The minimum atomic E-state index is -0.148. The van der Waals surface area contributed by atoms with E-state index in [9.17, 15) is 4.79 Å². The lowest BCUT2D eigenvalue weighted by atomic mass is 9.87. The van der Waals surface area contributed by atoms with Crippen LogP contribution in [-0.4, -0.2) is 39.1 Å². The summed E-state index contributed by atoms with van der Waals surface area (Å²) in [5.41, 5.74) is 0.924. The Kier molecular flexibility index (Phi) is 3.92. The smallest absolute Gasteiger partial charge is 0.157 e. The van der Waals surface area contributed by atoms with E-state index in [1.54, 1.807) is 0 Å². The van der Waals surface area contributed by atoms with E-state index >= 15 is 0 Å². The van der Waals surface area contributed by atoms with Gasteiger partial charge in [-0.05, 0) is 51.3 Å². The van der Waals surface area contributed by atoms with Crippen molar-refractivity contribution in [3.8, 4) is 0 Å². The first-order valence-corrected chi connectivity index (χ1v) is 8.04. The van der Waals surface area contributed by atoms with E-state index in [2.05, 4.69) is 16.9 Å². The van der Waals surface area contributed by atoms with E-state index in [1.165, 1.54) is 25.7 Å². The fourth-order valence-corrected chi connectivity index (χ4v) is 3.90. The average molecular weight is 275 g/mol. The summed E-state index contributed by atoms with van der Waals surface area (Å²) in [5.74, 6) is 0.424. The number of nitrogens with zero attached hydrogens (tertiary/aromatic N) is 3. The Hall–Kier alpha value is -1.16. The summed E-state index contributed by atoms with van der Waals surface area (Å²) in [7, 11) is 0. The molecule has 2 aliphatic rings. The Morgan fingerprint density at radius 2 is 1.95 bits per heavy atom. The molecule has 0 N–H and O–H groups in total. The molecule has 1 saturated carbocycles. The molecule has 20 heavy (non-hydrogen) atoms. The van der Waals surface area contributed by atoms with Crippen LogP contribution in [0.3, 0.4) is 0 Å². The molecule has 0 bridgehead atoms. The zero-order valence-corrected chi connectivity index (χ0v) is 12.5. The quantitative estimate of drug-likeness (QED) is 0.828. The second-order valence-corrected chi connectivity index (χ2v) is 6.24. The molecule has 1 aliphatic carbocycles. The summed E-state index contributed by atoms with van der Waals surface area (Å²) in [6, 6.07) is 0. The molecule has 1 aromatic heterocycles. The Labute approximate surface area is 121 Å². The molecule has 2 fully saturated rings. The second-order valence-electron chi connectivity index (χ2n) is 6.24. The van der Waals surface area contributed by atoms with Crippen molar-refractivity contribution in [2.75, 3.05) is 13.1 Å². The van der Waals surface area contributed by atoms with E-state index < -0.39 is 0 Å². The van der Waals surface area contributed by atoms with Gasteiger partial charge in [0.05, 0.1) is 11.7 Å². The molecule has 4 nitrogen and oxygen atoms in total. The maximum absolute atomic E-state index is 12.9. The number of aromatic nitrogens is 2. The highest BCUT2D eigenvalue weighted by atomic mass is 16.1. The third-order valence-electron chi connectivity index (χ3n) is 5.04. The van der Waals surface area contributed by atoms with Crippen LogP contribution in [0.4, 0.5) is 0 Å². The zero-order valence-electron chi connectivity index (χ0n) is 12.5. The topological polar surface area (TPSA) is 38.1 Å². The standard InChI is InChI=1S/C16H25N3O/c1-2-19-13-14(12-17-19)11-15(20)16(7-3-4-8-16)18-9-5-6-10-18/h12-13H,2-11H2,1H3. The van der Waals surface area contributed by atoms with Gasteiger partial charge in [-0.15, -0.1) is 0 Å². The lowest BCUT2D eigenvalue weighted by molar-refractivity contribution is -0.129. The summed E-state index contributed by atoms with van der Waals surface area (Å²) < 4.78 is 1.90. The molecular formula is C16H25N3O. The van der Waals surface area contributed by atoms with E-state index in [1.807, 2.05) is 17.1 Å². The number of rotatable bonds is 5. The maximum atomic E-state index is 12.9. The minimum Gasteiger partial charge on any atom is -0.297 e. The Morgan fingerprint density at radius 1 is 1.25 bits per heavy atom. The van der Waals surface area contributed by atoms with Gasteiger partial charge in [-0.1, -0.05) is 12.8 Å². The molecule has 0 spiro atoms. The van der Waals surface area contributed by atoms with Crippen molar-refractivity contribution in [1.82, 2.24) is 14.7 Å². The highest BCUT2D eigenvalue weighted by molar-refractivity contribution is 5.90. The van der Waals surface area contributed by atoms with Gasteiger partial charge in [0.1, 0.15) is 0 Å². The molecule has 0 amide bonds. The van der Waals surface area contributed by atoms with Gasteiger partial charge in [-0.25, -0.2) is 0 Å². The normalized spacial score (nSPS) is 22.4. The van der Waals surface area contributed by atoms with Gasteiger partial charge in [0.15, 0.2) is 5.78 Å². The van der Waals surface area contributed by atoms with E-state index in [4.69, 9.17) is 0 Å². The number of Topliss-reactive ketones (excluding diaryl/α,β-unsaturated/α-hetero) is 1. The lowest BCUT2D eigenvalue weighted by Crippen LogP contribution is -2.52. The fourth-order valence-electron chi connectivity index (χ4n) is 3.90. The minimum absolute atomic E-state index is 0.148. The Balaban J connectivity index is 1.75. The van der Waals surface area contributed by atoms with Crippen molar-refractivity contribution in [1.29, 1.82) is 0 Å². The number of aryl methyl sites for hydroxylation is 1. The summed E-state index contributed by atoms with van der Waals surface area (Å²) in [5, 5.41) is 4.29. The van der Waals surface area contributed by atoms with Gasteiger partial charge in [-0.3, -0.25) is 14.4 Å². The largest absolute Gasteiger partial charge is 0.297 e. The van der Waals surface area contributed by atoms with Crippen molar-refractivity contribution in [2.45, 2.75) is 64.0 Å². The van der Waals surface area contributed by atoms with Crippen LogP contribution >= 0.6 is 0 Å². The van der Waals surface area contributed by atoms with Crippen LogP contribution < -0.4 is 0 Å². The van der Waals surface area contributed by atoms with Crippen molar-refractivity contribution in [2.24, 2.45) is 0 Å². The highest BCUT2D eigenvalue weighted by Gasteiger charge is 2.46. The second kappa shape index (κ2) is 5.68. The van der Waals surface area contributed by atoms with Crippen LogP contribution in [0.5, 0.6) is 0 Å². The summed E-state index contributed by atoms with van der Waals surface area (Å²) >= 11 is 0. The first-order valence-electron chi connectivity index (χ1n) is 8.04. The van der Waals surface area contributed by atoms with Gasteiger partial charge in [0, 0.05) is 19.2 Å². The molecule has 1 saturated heterocycles. The van der Waals surface area contributed by atoms with Crippen molar-refractivity contribution < 1.29 is 4.79 Å². The molecule has 0 aromatic carbocycles. The predicted molar refractivity (Wildman–Crippen MR) is 78.6 cm³/mol. The molecule has 0 unspecified atom stereocenters. The molecule has 0 atom stereocenters. The van der Waals surface area contributed by atoms with Gasteiger partial charge in [-0.2, -0.15) is 5.10 Å². The number of likely N-dealkylation sites (tertiary alicyclic amines) is 1. The zero-order chi connectivity index (χ0) is 14.0. The van der Waals surface area contributed by atoms with Crippen LogP contribution in [0, 0.1) is 0 Å². The van der Waals surface area contributed by atoms with Crippen LogP contribution in [0.2, 0.25) is 0 Å². The molecule has 4 heteroatoms. The van der Waals surface area contributed by atoms with E-state index in [0.717, 1.165) is 38.0 Å². The van der Waals surface area contributed by atoms with Crippen LogP contribution in [0.15, 0.2) is 12.4 Å². The molecular weight excluding hydrogens is 250 g/mol. The maximum Gasteiger partial charge on any atom is 0.157 e. The number of ketones is 1. The van der Waals surface area contributed by atoms with E-state index in [0.29, 0.717) is 12.2 Å². The summed E-state index contributed by atoms with van der Waals surface area (Å²) in [4.78, 5) is 15.4. The first kappa shape index (κ1) is 13.8. The number of hydrogen-bond donors (Lipinski definition) is 0. The van der Waals surface area contributed by atoms with Gasteiger partial charge in [0.25, 0.3) is 0 Å². The molecule has 2 heterocycles. The fraction of sp³-hybridized carbons (Fsp3) is 0.750. The molecule has 1 aromatic rings. The summed E-state index contributed by atoms with van der Waals surface area (Å²) in [6.07, 6.45) is 11.5. The highest BCUT2D eigenvalue weighted by Crippen LogP contribution is 2.38. The van der Waals surface area contributed by atoms with Gasteiger partial charge >= 0.3 is 0 Å². The summed E-state index contributed by atoms with van der Waals surface area (Å²) in [6.45, 7) is 5.16. The molecule has 0 radical (unpaired) electrons. The monoisotopic (exact) mass is 275 g/mol. The van der Waals surface area contributed by atoms with Crippen molar-refractivity contribution >= 4 is 5.78 Å². The SMILES string of the molecule is CCn1cc(CC(=O)C2(N3CCCC3)CCCC2)cn1.